The average Bonchev–Trinajstić information content (AvgIpc) is 3.17. The first-order chi connectivity index (χ1) is 13.6. The summed E-state index contributed by atoms with van der Waals surface area (Å²) in [5, 5.41) is 0. The third-order valence-corrected chi connectivity index (χ3v) is 6.78. The van der Waals surface area contributed by atoms with E-state index in [1.54, 1.807) is 48.6 Å². The lowest BCUT2D eigenvalue weighted by Crippen LogP contribution is -2.41. The first-order valence-corrected chi connectivity index (χ1v) is 11.0. The van der Waals surface area contributed by atoms with Gasteiger partial charge in [0.25, 0.3) is 0 Å². The van der Waals surface area contributed by atoms with Crippen LogP contribution in [0.1, 0.15) is 27.2 Å². The highest BCUT2D eigenvalue weighted by molar-refractivity contribution is 7.89. The molecular weight excluding hydrogens is 390 g/mol. The van der Waals surface area contributed by atoms with E-state index in [9.17, 15) is 13.2 Å². The molecule has 1 amide bonds. The Balaban J connectivity index is 1.70. The Morgan fingerprint density at radius 2 is 1.86 bits per heavy atom. The van der Waals surface area contributed by atoms with Gasteiger partial charge >= 0.3 is 6.09 Å². The number of pyridine rings is 1. The van der Waals surface area contributed by atoms with Crippen LogP contribution in [0.5, 0.6) is 0 Å². The second kappa shape index (κ2) is 8.12. The molecule has 1 atom stereocenters. The first kappa shape index (κ1) is 21.3. The molecule has 2 heterocycles. The molecule has 8 heteroatoms. The van der Waals surface area contributed by atoms with Crippen molar-refractivity contribution in [1.29, 1.82) is 0 Å². The third-order valence-electron chi connectivity index (χ3n) is 4.86. The normalized spacial score (nSPS) is 17.6. The molecule has 156 valence electrons. The van der Waals surface area contributed by atoms with Crippen molar-refractivity contribution in [2.24, 2.45) is 0 Å². The van der Waals surface area contributed by atoms with Crippen LogP contribution in [0.4, 0.5) is 4.79 Å². The van der Waals surface area contributed by atoms with Gasteiger partial charge in [-0.05, 0) is 56.5 Å². The maximum Gasteiger partial charge on any atom is 0.410 e. The van der Waals surface area contributed by atoms with E-state index in [2.05, 4.69) is 4.98 Å². The van der Waals surface area contributed by atoms with Crippen LogP contribution in [0.3, 0.4) is 0 Å². The second-order valence-corrected chi connectivity index (χ2v) is 10.2. The first-order valence-electron chi connectivity index (χ1n) is 9.54. The van der Waals surface area contributed by atoms with Crippen molar-refractivity contribution in [1.82, 2.24) is 14.2 Å². The van der Waals surface area contributed by atoms with Crippen LogP contribution in [-0.2, 0) is 14.8 Å². The zero-order valence-corrected chi connectivity index (χ0v) is 18.0. The Bertz CT molecular complexity index is 954. The summed E-state index contributed by atoms with van der Waals surface area (Å²) in [5.74, 6) is 0. The van der Waals surface area contributed by atoms with Gasteiger partial charge in [-0.2, -0.15) is 4.31 Å². The molecule has 2 aromatic rings. The van der Waals surface area contributed by atoms with Crippen molar-refractivity contribution < 1.29 is 17.9 Å². The fourth-order valence-corrected chi connectivity index (χ4v) is 4.62. The summed E-state index contributed by atoms with van der Waals surface area (Å²) in [6.07, 6.45) is 3.59. The summed E-state index contributed by atoms with van der Waals surface area (Å²) in [5.41, 5.74) is 1.24. The van der Waals surface area contributed by atoms with E-state index in [0.29, 0.717) is 19.5 Å². The number of amides is 1. The second-order valence-electron chi connectivity index (χ2n) is 8.16. The number of hydrogen-bond donors (Lipinski definition) is 0. The Kier molecular flexibility index (Phi) is 5.95. The summed E-state index contributed by atoms with van der Waals surface area (Å²) in [4.78, 5) is 18.1. The highest BCUT2D eigenvalue weighted by Crippen LogP contribution is 2.26. The minimum atomic E-state index is -3.67. The molecular formula is C21H27N3O4S. The van der Waals surface area contributed by atoms with Gasteiger partial charge in [-0.15, -0.1) is 0 Å². The topological polar surface area (TPSA) is 79.8 Å². The minimum Gasteiger partial charge on any atom is -0.444 e. The van der Waals surface area contributed by atoms with Crippen LogP contribution in [0.15, 0.2) is 53.7 Å². The lowest BCUT2D eigenvalue weighted by atomic mass is 10.1. The summed E-state index contributed by atoms with van der Waals surface area (Å²) >= 11 is 0. The van der Waals surface area contributed by atoms with Gasteiger partial charge in [0, 0.05) is 38.6 Å². The van der Waals surface area contributed by atoms with Gasteiger partial charge in [0.2, 0.25) is 10.0 Å². The maximum absolute atomic E-state index is 13.1. The number of benzene rings is 1. The van der Waals surface area contributed by atoms with Crippen molar-refractivity contribution in [2.75, 3.05) is 20.1 Å². The fraction of sp³-hybridized carbons (Fsp3) is 0.429. The lowest BCUT2D eigenvalue weighted by molar-refractivity contribution is 0.0287. The van der Waals surface area contributed by atoms with Gasteiger partial charge in [0.15, 0.2) is 0 Å². The summed E-state index contributed by atoms with van der Waals surface area (Å²) < 4.78 is 32.8. The largest absolute Gasteiger partial charge is 0.444 e. The molecule has 29 heavy (non-hydrogen) atoms. The lowest BCUT2D eigenvalue weighted by Gasteiger charge is -2.26. The number of ether oxygens (including phenoxy) is 1. The van der Waals surface area contributed by atoms with Gasteiger partial charge in [0.05, 0.1) is 4.90 Å². The standard InChI is InChI=1S/C21H27N3O4S/c1-21(2,3)28-20(25)24-13-11-18(15-24)23(4)29(26,27)19-9-7-16(8-10-19)17-6-5-12-22-14-17/h5-10,12,14,18H,11,13,15H2,1-4H3/t18-/m1/s1. The number of rotatable bonds is 4. The van der Waals surface area contributed by atoms with E-state index in [-0.39, 0.29) is 10.9 Å². The van der Waals surface area contributed by atoms with Gasteiger partial charge in [-0.25, -0.2) is 13.2 Å². The number of aromatic nitrogens is 1. The zero-order chi connectivity index (χ0) is 21.2. The van der Waals surface area contributed by atoms with Gasteiger partial charge < -0.3 is 9.64 Å². The van der Waals surface area contributed by atoms with Crippen LogP contribution >= 0.6 is 0 Å². The van der Waals surface area contributed by atoms with Crippen LogP contribution in [0, 0.1) is 0 Å². The van der Waals surface area contributed by atoms with E-state index in [0.717, 1.165) is 11.1 Å². The molecule has 0 bridgehead atoms. The Labute approximate surface area is 172 Å². The van der Waals surface area contributed by atoms with E-state index >= 15 is 0 Å². The van der Waals surface area contributed by atoms with E-state index in [1.165, 1.54) is 4.31 Å². The molecule has 0 radical (unpaired) electrons. The van der Waals surface area contributed by atoms with Crippen LogP contribution < -0.4 is 0 Å². The molecule has 1 aliphatic rings. The average molecular weight is 418 g/mol. The van der Waals surface area contributed by atoms with Gasteiger partial charge in [-0.3, -0.25) is 4.98 Å². The predicted molar refractivity (Wildman–Crippen MR) is 111 cm³/mol. The van der Waals surface area contributed by atoms with Crippen molar-refractivity contribution >= 4 is 16.1 Å². The number of sulfonamides is 1. The SMILES string of the molecule is CN([C@@H]1CCN(C(=O)OC(C)(C)C)C1)S(=O)(=O)c1ccc(-c2cccnc2)cc1. The van der Waals surface area contributed by atoms with Crippen molar-refractivity contribution in [2.45, 2.75) is 43.7 Å². The van der Waals surface area contributed by atoms with Crippen LogP contribution in [-0.4, -0.2) is 60.5 Å². The highest BCUT2D eigenvalue weighted by Gasteiger charge is 2.36. The molecule has 1 aromatic carbocycles. The molecule has 1 aromatic heterocycles. The molecule has 0 unspecified atom stereocenters. The molecule has 0 spiro atoms. The summed E-state index contributed by atoms with van der Waals surface area (Å²) in [7, 11) is -2.10. The van der Waals surface area contributed by atoms with Crippen LogP contribution in [0.25, 0.3) is 11.1 Å². The number of likely N-dealkylation sites (tertiary alicyclic amines) is 1. The number of likely N-dealkylation sites (N-methyl/N-ethyl adjacent to an activating group) is 1. The smallest absolute Gasteiger partial charge is 0.410 e. The molecule has 1 saturated heterocycles. The third kappa shape index (κ3) is 4.94. The molecule has 0 saturated carbocycles. The van der Waals surface area contributed by atoms with Gasteiger partial charge in [-0.1, -0.05) is 18.2 Å². The predicted octanol–water partition coefficient (Wildman–Crippen LogP) is 3.38. The van der Waals surface area contributed by atoms with Crippen molar-refractivity contribution in [3.8, 4) is 11.1 Å². The van der Waals surface area contributed by atoms with Crippen molar-refractivity contribution in [3.05, 3.63) is 48.8 Å². The quantitative estimate of drug-likeness (QED) is 0.762. The van der Waals surface area contributed by atoms with Crippen LogP contribution in [0.2, 0.25) is 0 Å². The Morgan fingerprint density at radius 1 is 1.17 bits per heavy atom. The Hall–Kier alpha value is -2.45. The molecule has 3 rings (SSSR count). The van der Waals surface area contributed by atoms with E-state index in [4.69, 9.17) is 4.74 Å². The van der Waals surface area contributed by atoms with E-state index < -0.39 is 21.7 Å². The molecule has 0 aliphatic carbocycles. The van der Waals surface area contributed by atoms with E-state index in [1.807, 2.05) is 32.9 Å². The zero-order valence-electron chi connectivity index (χ0n) is 17.2. The number of nitrogens with zero attached hydrogens (tertiary/aromatic N) is 3. The molecule has 1 fully saturated rings. The number of carbonyl (C=O) groups excluding carboxylic acids is 1. The van der Waals surface area contributed by atoms with Gasteiger partial charge in [0.1, 0.15) is 5.60 Å². The monoisotopic (exact) mass is 417 g/mol. The fourth-order valence-electron chi connectivity index (χ4n) is 3.25. The molecule has 0 N–H and O–H groups in total. The summed E-state index contributed by atoms with van der Waals surface area (Å²) in [6, 6.07) is 10.2. The highest BCUT2D eigenvalue weighted by atomic mass is 32.2. The minimum absolute atomic E-state index is 0.225. The maximum atomic E-state index is 13.1. The summed E-state index contributed by atoms with van der Waals surface area (Å²) in [6.45, 7) is 6.22. The van der Waals surface area contributed by atoms with Crippen molar-refractivity contribution in [3.63, 3.8) is 0 Å². The number of hydrogen-bond acceptors (Lipinski definition) is 5. The molecule has 7 nitrogen and oxygen atoms in total. The Morgan fingerprint density at radius 3 is 2.45 bits per heavy atom. The molecule has 1 aliphatic heterocycles. The number of carbonyl (C=O) groups is 1.